The molecule has 1 saturated heterocycles. The summed E-state index contributed by atoms with van der Waals surface area (Å²) in [5, 5.41) is 11.0. The largest absolute Gasteiger partial charge is 0.493 e. The van der Waals surface area contributed by atoms with Crippen LogP contribution in [0.4, 0.5) is 0 Å². The number of amidine groups is 1. The summed E-state index contributed by atoms with van der Waals surface area (Å²) in [6.45, 7) is 0. The number of carbonyl (C=O) groups is 1. The van der Waals surface area contributed by atoms with Crippen molar-refractivity contribution in [2.75, 3.05) is 27.1 Å². The zero-order valence-electron chi connectivity index (χ0n) is 11.9. The van der Waals surface area contributed by atoms with E-state index in [1.807, 2.05) is 0 Å². The molecule has 1 aromatic rings. The molecule has 1 N–H and O–H groups in total. The number of carbonyl (C=O) groups excluding carboxylic acids is 1. The highest BCUT2D eigenvalue weighted by Crippen LogP contribution is 2.37. The Hall–Kier alpha value is -2.22. The van der Waals surface area contributed by atoms with Gasteiger partial charge in [-0.25, -0.2) is 0 Å². The maximum absolute atomic E-state index is 11.0. The van der Waals surface area contributed by atoms with Crippen LogP contribution in [0.25, 0.3) is 0 Å². The Morgan fingerprint density at radius 3 is 2.33 bits per heavy atom. The smallest absolute Gasteiger partial charge is 0.236 e. The van der Waals surface area contributed by atoms with Crippen molar-refractivity contribution in [1.29, 1.82) is 0 Å². The summed E-state index contributed by atoms with van der Waals surface area (Å²) in [6.07, 6.45) is 1.54. The number of nitrogens with zero attached hydrogens (tertiary/aromatic N) is 2. The first-order valence-electron chi connectivity index (χ1n) is 6.01. The van der Waals surface area contributed by atoms with E-state index in [2.05, 4.69) is 15.5 Å². The summed E-state index contributed by atoms with van der Waals surface area (Å²) >= 11 is 1.31. The molecule has 1 aliphatic heterocycles. The van der Waals surface area contributed by atoms with Crippen molar-refractivity contribution in [3.05, 3.63) is 17.7 Å². The zero-order valence-corrected chi connectivity index (χ0v) is 12.7. The summed E-state index contributed by atoms with van der Waals surface area (Å²) in [6, 6.07) is 3.51. The van der Waals surface area contributed by atoms with Gasteiger partial charge < -0.3 is 19.5 Å². The Morgan fingerprint density at radius 1 is 1.19 bits per heavy atom. The van der Waals surface area contributed by atoms with Crippen LogP contribution in [0.2, 0.25) is 0 Å². The van der Waals surface area contributed by atoms with E-state index in [-0.39, 0.29) is 5.91 Å². The van der Waals surface area contributed by atoms with Gasteiger partial charge in [0.2, 0.25) is 11.7 Å². The Labute approximate surface area is 126 Å². The number of methoxy groups -OCH3 is 3. The number of ether oxygens (including phenoxy) is 3. The molecule has 0 spiro atoms. The van der Waals surface area contributed by atoms with Gasteiger partial charge in [0.25, 0.3) is 0 Å². The molecule has 112 valence electrons. The summed E-state index contributed by atoms with van der Waals surface area (Å²) < 4.78 is 15.7. The third-order valence-electron chi connectivity index (χ3n) is 2.63. The summed E-state index contributed by atoms with van der Waals surface area (Å²) in [4.78, 5) is 11.0. The molecule has 0 saturated carbocycles. The van der Waals surface area contributed by atoms with Gasteiger partial charge in [0.1, 0.15) is 0 Å². The molecule has 8 heteroatoms. The molecule has 1 aromatic carbocycles. The van der Waals surface area contributed by atoms with E-state index in [9.17, 15) is 4.79 Å². The Kier molecular flexibility index (Phi) is 5.04. The second kappa shape index (κ2) is 6.98. The number of amides is 1. The maximum atomic E-state index is 11.0. The Morgan fingerprint density at radius 2 is 1.86 bits per heavy atom. The van der Waals surface area contributed by atoms with Gasteiger partial charge in [-0.3, -0.25) is 4.79 Å². The third-order valence-corrected chi connectivity index (χ3v) is 3.49. The van der Waals surface area contributed by atoms with Crippen LogP contribution < -0.4 is 19.5 Å². The number of benzene rings is 1. The minimum absolute atomic E-state index is 0.0678. The Bertz CT molecular complexity index is 576. The minimum atomic E-state index is -0.0678. The molecule has 21 heavy (non-hydrogen) atoms. The molecular weight excluding hydrogens is 294 g/mol. The van der Waals surface area contributed by atoms with E-state index < -0.39 is 0 Å². The quantitative estimate of drug-likeness (QED) is 0.654. The van der Waals surface area contributed by atoms with Crippen LogP contribution in [-0.2, 0) is 4.79 Å². The van der Waals surface area contributed by atoms with Gasteiger partial charge in [-0.15, -0.1) is 5.10 Å². The van der Waals surface area contributed by atoms with Gasteiger partial charge in [0, 0.05) is 5.56 Å². The van der Waals surface area contributed by atoms with Crippen LogP contribution in [0.1, 0.15) is 5.56 Å². The zero-order chi connectivity index (χ0) is 15.2. The number of thioether (sulfide) groups is 1. The standard InChI is InChI=1S/C13H15N3O4S/c1-18-9-4-8(5-10(19-2)12(9)20-3)6-14-16-13-15-11(17)7-21-13/h4-6H,7H2,1-3H3,(H,15,16,17)/b14-6+. The second-order valence-corrected chi connectivity index (χ2v) is 4.91. The lowest BCUT2D eigenvalue weighted by Gasteiger charge is -2.12. The van der Waals surface area contributed by atoms with Crippen molar-refractivity contribution in [2.24, 2.45) is 10.2 Å². The molecule has 2 rings (SSSR count). The Balaban J connectivity index is 2.22. The minimum Gasteiger partial charge on any atom is -0.493 e. The fourth-order valence-corrected chi connectivity index (χ4v) is 2.33. The number of nitrogens with one attached hydrogen (secondary N) is 1. The molecule has 1 fully saturated rings. The predicted molar refractivity (Wildman–Crippen MR) is 81.7 cm³/mol. The first kappa shape index (κ1) is 15.2. The number of hydrogen-bond donors (Lipinski definition) is 1. The van der Waals surface area contributed by atoms with Crippen LogP contribution in [-0.4, -0.2) is 44.4 Å². The topological polar surface area (TPSA) is 81.5 Å². The normalized spacial score (nSPS) is 16.3. The lowest BCUT2D eigenvalue weighted by molar-refractivity contribution is -0.116. The summed E-state index contributed by atoms with van der Waals surface area (Å²) in [5.74, 6) is 1.89. The monoisotopic (exact) mass is 309 g/mol. The van der Waals surface area contributed by atoms with Crippen molar-refractivity contribution < 1.29 is 19.0 Å². The van der Waals surface area contributed by atoms with Crippen molar-refractivity contribution in [1.82, 2.24) is 5.32 Å². The van der Waals surface area contributed by atoms with E-state index in [1.165, 1.54) is 11.8 Å². The molecule has 0 radical (unpaired) electrons. The molecule has 1 aliphatic rings. The molecule has 1 heterocycles. The van der Waals surface area contributed by atoms with Crippen LogP contribution in [0, 0.1) is 0 Å². The fourth-order valence-electron chi connectivity index (χ4n) is 1.70. The van der Waals surface area contributed by atoms with Gasteiger partial charge in [-0.2, -0.15) is 5.10 Å². The molecule has 0 atom stereocenters. The molecular formula is C13H15N3O4S. The van der Waals surface area contributed by atoms with Crippen molar-refractivity contribution >= 4 is 29.1 Å². The molecule has 0 unspecified atom stereocenters. The van der Waals surface area contributed by atoms with Gasteiger partial charge in [-0.05, 0) is 12.1 Å². The molecule has 7 nitrogen and oxygen atoms in total. The van der Waals surface area contributed by atoms with Crippen LogP contribution in [0.5, 0.6) is 17.2 Å². The number of hydrogen-bond acceptors (Lipinski definition) is 7. The number of rotatable bonds is 5. The molecule has 0 aliphatic carbocycles. The second-order valence-electron chi connectivity index (χ2n) is 3.95. The van der Waals surface area contributed by atoms with Gasteiger partial charge in [0.15, 0.2) is 16.7 Å². The highest BCUT2D eigenvalue weighted by Gasteiger charge is 2.16. The van der Waals surface area contributed by atoms with Crippen LogP contribution in [0.3, 0.4) is 0 Å². The van der Waals surface area contributed by atoms with Gasteiger partial charge in [0.05, 0.1) is 33.3 Å². The third kappa shape index (κ3) is 3.66. The first-order chi connectivity index (χ1) is 10.2. The highest BCUT2D eigenvalue weighted by atomic mass is 32.2. The molecule has 1 amide bonds. The van der Waals surface area contributed by atoms with Crippen LogP contribution in [0.15, 0.2) is 22.3 Å². The SMILES string of the molecule is COc1cc(/C=N/N=C2NC(=O)CS2)cc(OC)c1OC. The molecule has 0 aromatic heterocycles. The van der Waals surface area contributed by atoms with Crippen molar-refractivity contribution in [3.63, 3.8) is 0 Å². The van der Waals surface area contributed by atoms with E-state index in [0.717, 1.165) is 5.56 Å². The van der Waals surface area contributed by atoms with Crippen molar-refractivity contribution in [2.45, 2.75) is 0 Å². The molecule has 0 bridgehead atoms. The summed E-state index contributed by atoms with van der Waals surface area (Å²) in [7, 11) is 4.63. The average molecular weight is 309 g/mol. The van der Waals surface area contributed by atoms with Crippen LogP contribution >= 0.6 is 11.8 Å². The lowest BCUT2D eigenvalue weighted by atomic mass is 10.2. The van der Waals surface area contributed by atoms with Crippen molar-refractivity contribution in [3.8, 4) is 17.2 Å². The van der Waals surface area contributed by atoms with E-state index in [4.69, 9.17) is 14.2 Å². The summed E-state index contributed by atoms with van der Waals surface area (Å²) in [5.41, 5.74) is 0.739. The fraction of sp³-hybridized carbons (Fsp3) is 0.308. The maximum Gasteiger partial charge on any atom is 0.236 e. The highest BCUT2D eigenvalue weighted by molar-refractivity contribution is 8.15. The van der Waals surface area contributed by atoms with E-state index in [0.29, 0.717) is 28.2 Å². The van der Waals surface area contributed by atoms with Gasteiger partial charge >= 0.3 is 0 Å². The van der Waals surface area contributed by atoms with E-state index in [1.54, 1.807) is 39.7 Å². The predicted octanol–water partition coefficient (Wildman–Crippen LogP) is 1.27. The van der Waals surface area contributed by atoms with Gasteiger partial charge in [-0.1, -0.05) is 11.8 Å². The van der Waals surface area contributed by atoms with E-state index >= 15 is 0 Å². The average Bonchev–Trinajstić information content (AvgIpc) is 2.91. The first-order valence-corrected chi connectivity index (χ1v) is 7.00. The lowest BCUT2D eigenvalue weighted by Crippen LogP contribution is -2.19.